The largest absolute Gasteiger partial charge is 0.490 e. The van der Waals surface area contributed by atoms with Crippen molar-refractivity contribution in [3.8, 4) is 11.5 Å². The zero-order valence-corrected chi connectivity index (χ0v) is 12.9. The van der Waals surface area contributed by atoms with Crippen molar-refractivity contribution in [2.45, 2.75) is 20.0 Å². The number of benzene rings is 2. The van der Waals surface area contributed by atoms with Gasteiger partial charge in [-0.2, -0.15) is 0 Å². The van der Waals surface area contributed by atoms with E-state index in [1.165, 1.54) is 0 Å². The second-order valence-electron chi connectivity index (χ2n) is 4.63. The summed E-state index contributed by atoms with van der Waals surface area (Å²) in [7, 11) is 0. The molecule has 21 heavy (non-hydrogen) atoms. The Hall–Kier alpha value is -1.71. The molecule has 0 aliphatic rings. The summed E-state index contributed by atoms with van der Waals surface area (Å²) in [6.45, 7) is 3.57. The average molecular weight is 306 g/mol. The van der Waals surface area contributed by atoms with Crippen molar-refractivity contribution in [1.82, 2.24) is 0 Å². The van der Waals surface area contributed by atoms with Gasteiger partial charge >= 0.3 is 0 Å². The predicted octanol–water partition coefficient (Wildman–Crippen LogP) is 3.82. The molecule has 0 fully saturated rings. The lowest BCUT2D eigenvalue weighted by Gasteiger charge is -2.16. The highest BCUT2D eigenvalue weighted by molar-refractivity contribution is 6.30. The summed E-state index contributed by atoms with van der Waals surface area (Å²) in [6, 6.07) is 13.5. The summed E-state index contributed by atoms with van der Waals surface area (Å²) in [6.07, 6.45) is 0.756. The predicted molar refractivity (Wildman–Crippen MR) is 86.2 cm³/mol. The third-order valence-corrected chi connectivity index (χ3v) is 3.28. The van der Waals surface area contributed by atoms with Gasteiger partial charge in [-0.3, -0.25) is 0 Å². The first-order chi connectivity index (χ1) is 10.2. The summed E-state index contributed by atoms with van der Waals surface area (Å²) in [5.41, 5.74) is 7.75. The van der Waals surface area contributed by atoms with Gasteiger partial charge in [0.25, 0.3) is 0 Å². The van der Waals surface area contributed by atoms with E-state index in [0.717, 1.165) is 29.0 Å². The Morgan fingerprint density at radius 2 is 1.90 bits per heavy atom. The van der Waals surface area contributed by atoms with Crippen LogP contribution in [0.2, 0.25) is 5.02 Å². The highest BCUT2D eigenvalue weighted by atomic mass is 35.5. The van der Waals surface area contributed by atoms with Crippen molar-refractivity contribution in [2.75, 3.05) is 13.2 Å². The second-order valence-corrected chi connectivity index (χ2v) is 5.07. The van der Waals surface area contributed by atoms with E-state index >= 15 is 0 Å². The third-order valence-electron chi connectivity index (χ3n) is 3.05. The molecule has 0 bridgehead atoms. The van der Waals surface area contributed by atoms with E-state index in [1.807, 2.05) is 49.4 Å². The fraction of sp³-hybridized carbons (Fsp3) is 0.294. The molecule has 2 aromatic rings. The van der Waals surface area contributed by atoms with Crippen LogP contribution in [0.3, 0.4) is 0 Å². The van der Waals surface area contributed by atoms with E-state index in [-0.39, 0.29) is 0 Å². The van der Waals surface area contributed by atoms with Crippen LogP contribution in [0.15, 0.2) is 42.5 Å². The number of ether oxygens (including phenoxy) is 2. The monoisotopic (exact) mass is 305 g/mol. The van der Waals surface area contributed by atoms with Gasteiger partial charge in [0.15, 0.2) is 11.5 Å². The number of hydrogen-bond donors (Lipinski definition) is 1. The Morgan fingerprint density at radius 1 is 1.10 bits per heavy atom. The smallest absolute Gasteiger partial charge is 0.164 e. The summed E-state index contributed by atoms with van der Waals surface area (Å²) >= 11 is 5.99. The molecule has 0 amide bonds. The van der Waals surface area contributed by atoms with Crippen LogP contribution >= 0.6 is 11.6 Å². The van der Waals surface area contributed by atoms with Gasteiger partial charge in [0.05, 0.1) is 6.61 Å². The molecule has 0 unspecified atom stereocenters. The van der Waals surface area contributed by atoms with Gasteiger partial charge in [0.2, 0.25) is 0 Å². The first-order valence-electron chi connectivity index (χ1n) is 7.06. The molecule has 0 radical (unpaired) electrons. The quantitative estimate of drug-likeness (QED) is 0.846. The van der Waals surface area contributed by atoms with Crippen LogP contribution in [-0.2, 0) is 13.0 Å². The molecule has 0 spiro atoms. The zero-order chi connectivity index (χ0) is 15.1. The SMILES string of the molecule is CCOc1cccc(CCN)c1OCc1cccc(Cl)c1. The molecule has 2 N–H and O–H groups in total. The van der Waals surface area contributed by atoms with Gasteiger partial charge in [0.1, 0.15) is 6.61 Å². The minimum Gasteiger partial charge on any atom is -0.490 e. The first kappa shape index (κ1) is 15.7. The van der Waals surface area contributed by atoms with Crippen molar-refractivity contribution in [3.63, 3.8) is 0 Å². The molecule has 0 aliphatic heterocycles. The van der Waals surface area contributed by atoms with Gasteiger partial charge in [-0.05, 0) is 49.2 Å². The van der Waals surface area contributed by atoms with E-state index in [9.17, 15) is 0 Å². The number of hydrogen-bond acceptors (Lipinski definition) is 3. The van der Waals surface area contributed by atoms with E-state index in [1.54, 1.807) is 0 Å². The Morgan fingerprint density at radius 3 is 2.62 bits per heavy atom. The van der Waals surface area contributed by atoms with Crippen molar-refractivity contribution >= 4 is 11.6 Å². The lowest BCUT2D eigenvalue weighted by molar-refractivity contribution is 0.266. The lowest BCUT2D eigenvalue weighted by atomic mass is 10.1. The number of rotatable bonds is 7. The molecule has 3 nitrogen and oxygen atoms in total. The van der Waals surface area contributed by atoms with Crippen molar-refractivity contribution in [1.29, 1.82) is 0 Å². The molecular weight excluding hydrogens is 286 g/mol. The second kappa shape index (κ2) is 7.91. The maximum absolute atomic E-state index is 5.99. The summed E-state index contributed by atoms with van der Waals surface area (Å²) in [5, 5.41) is 0.705. The van der Waals surface area contributed by atoms with E-state index in [2.05, 4.69) is 0 Å². The molecular formula is C17H20ClNO2. The highest BCUT2D eigenvalue weighted by Gasteiger charge is 2.11. The molecule has 2 aromatic carbocycles. The first-order valence-corrected chi connectivity index (χ1v) is 7.44. The van der Waals surface area contributed by atoms with Crippen molar-refractivity contribution in [2.24, 2.45) is 5.73 Å². The van der Waals surface area contributed by atoms with Gasteiger partial charge in [-0.25, -0.2) is 0 Å². The molecule has 4 heteroatoms. The molecule has 0 saturated carbocycles. The van der Waals surface area contributed by atoms with Crippen LogP contribution in [0.4, 0.5) is 0 Å². The summed E-state index contributed by atoms with van der Waals surface area (Å²) < 4.78 is 11.6. The fourth-order valence-corrected chi connectivity index (χ4v) is 2.34. The summed E-state index contributed by atoms with van der Waals surface area (Å²) in [5.74, 6) is 1.52. The Bertz CT molecular complexity index is 563. The van der Waals surface area contributed by atoms with Crippen LogP contribution in [0.25, 0.3) is 0 Å². The summed E-state index contributed by atoms with van der Waals surface area (Å²) in [4.78, 5) is 0. The maximum Gasteiger partial charge on any atom is 0.164 e. The molecule has 0 heterocycles. The minimum absolute atomic E-state index is 0.447. The molecule has 0 aliphatic carbocycles. The van der Waals surface area contributed by atoms with Crippen LogP contribution in [0.5, 0.6) is 11.5 Å². The Labute approximate surface area is 130 Å². The normalized spacial score (nSPS) is 10.4. The molecule has 2 rings (SSSR count). The Balaban J connectivity index is 2.20. The van der Waals surface area contributed by atoms with Crippen LogP contribution in [0.1, 0.15) is 18.1 Å². The number of para-hydroxylation sites is 1. The van der Waals surface area contributed by atoms with Gasteiger partial charge in [-0.15, -0.1) is 0 Å². The van der Waals surface area contributed by atoms with E-state index in [4.69, 9.17) is 26.8 Å². The molecule has 0 saturated heterocycles. The minimum atomic E-state index is 0.447. The zero-order valence-electron chi connectivity index (χ0n) is 12.1. The van der Waals surface area contributed by atoms with Gasteiger partial charge < -0.3 is 15.2 Å². The highest BCUT2D eigenvalue weighted by Crippen LogP contribution is 2.32. The third kappa shape index (κ3) is 4.38. The topological polar surface area (TPSA) is 44.5 Å². The lowest BCUT2D eigenvalue weighted by Crippen LogP contribution is -2.07. The van der Waals surface area contributed by atoms with Crippen molar-refractivity contribution in [3.05, 3.63) is 58.6 Å². The van der Waals surface area contributed by atoms with Crippen LogP contribution in [0, 0.1) is 0 Å². The number of halogens is 1. The van der Waals surface area contributed by atoms with Crippen molar-refractivity contribution < 1.29 is 9.47 Å². The van der Waals surface area contributed by atoms with Crippen LogP contribution < -0.4 is 15.2 Å². The average Bonchev–Trinajstić information content (AvgIpc) is 2.47. The molecule has 0 atom stereocenters. The van der Waals surface area contributed by atoms with E-state index in [0.29, 0.717) is 24.8 Å². The molecule has 112 valence electrons. The van der Waals surface area contributed by atoms with Gasteiger partial charge in [0, 0.05) is 5.02 Å². The van der Waals surface area contributed by atoms with Gasteiger partial charge in [-0.1, -0.05) is 35.9 Å². The fourth-order valence-electron chi connectivity index (χ4n) is 2.13. The van der Waals surface area contributed by atoms with Crippen LogP contribution in [-0.4, -0.2) is 13.2 Å². The molecule has 0 aromatic heterocycles. The van der Waals surface area contributed by atoms with E-state index < -0.39 is 0 Å². The Kier molecular flexibility index (Phi) is 5.90. The number of nitrogens with two attached hydrogens (primary N) is 1. The standard InChI is InChI=1S/C17H20ClNO2/c1-2-20-16-8-4-6-14(9-10-19)17(16)21-12-13-5-3-7-15(18)11-13/h3-8,11H,2,9-10,12,19H2,1H3. The maximum atomic E-state index is 5.99.